The Morgan fingerprint density at radius 3 is 2.93 bits per heavy atom. The smallest absolute Gasteiger partial charge is 0.0640 e. The van der Waals surface area contributed by atoms with Crippen LogP contribution in [0.2, 0.25) is 0 Å². The molecule has 15 heavy (non-hydrogen) atoms. The third-order valence-corrected chi connectivity index (χ3v) is 2.63. The Kier molecular flexibility index (Phi) is 3.71. The zero-order valence-corrected chi connectivity index (χ0v) is 8.89. The van der Waals surface area contributed by atoms with Crippen LogP contribution in [-0.2, 0) is 13.1 Å². The van der Waals surface area contributed by atoms with Gasteiger partial charge in [-0.15, -0.1) is 0 Å². The molecule has 5 nitrogen and oxygen atoms in total. The zero-order chi connectivity index (χ0) is 10.5. The third kappa shape index (κ3) is 3.02. The highest BCUT2D eigenvalue weighted by Crippen LogP contribution is 2.04. The minimum absolute atomic E-state index is 0.148. The Morgan fingerprint density at radius 1 is 1.40 bits per heavy atom. The van der Waals surface area contributed by atoms with Gasteiger partial charge in [-0.2, -0.15) is 5.10 Å². The van der Waals surface area contributed by atoms with Gasteiger partial charge in [0.25, 0.3) is 0 Å². The number of hydrogen-bond donors (Lipinski definition) is 2. The Hall–Kier alpha value is -0.910. The molecule has 0 aromatic carbocycles. The second-order valence-corrected chi connectivity index (χ2v) is 3.86. The van der Waals surface area contributed by atoms with E-state index in [1.165, 1.54) is 5.56 Å². The summed E-state index contributed by atoms with van der Waals surface area (Å²) in [5.41, 5.74) is 1.23. The number of aliphatic hydroxyl groups excluding tert-OH is 1. The van der Waals surface area contributed by atoms with Crippen LogP contribution in [0.25, 0.3) is 0 Å². The van der Waals surface area contributed by atoms with Crippen LogP contribution in [0.4, 0.5) is 0 Å². The van der Waals surface area contributed by atoms with E-state index in [0.717, 1.165) is 32.7 Å². The van der Waals surface area contributed by atoms with Gasteiger partial charge in [0.05, 0.1) is 19.3 Å². The number of piperazine rings is 1. The van der Waals surface area contributed by atoms with Crippen LogP contribution < -0.4 is 5.32 Å². The van der Waals surface area contributed by atoms with Gasteiger partial charge in [-0.25, -0.2) is 0 Å². The lowest BCUT2D eigenvalue weighted by Crippen LogP contribution is -2.42. The molecule has 2 heterocycles. The van der Waals surface area contributed by atoms with Gasteiger partial charge in [-0.1, -0.05) is 0 Å². The summed E-state index contributed by atoms with van der Waals surface area (Å²) in [6.07, 6.45) is 3.90. The molecule has 0 unspecified atom stereocenters. The summed E-state index contributed by atoms with van der Waals surface area (Å²) in [7, 11) is 0. The molecular weight excluding hydrogens is 192 g/mol. The molecule has 1 aliphatic heterocycles. The van der Waals surface area contributed by atoms with Crippen LogP contribution >= 0.6 is 0 Å². The maximum absolute atomic E-state index is 8.77. The summed E-state index contributed by atoms with van der Waals surface area (Å²) >= 11 is 0. The first kappa shape index (κ1) is 10.6. The van der Waals surface area contributed by atoms with E-state index in [2.05, 4.69) is 15.3 Å². The van der Waals surface area contributed by atoms with Crippen molar-refractivity contribution in [1.82, 2.24) is 20.0 Å². The lowest BCUT2D eigenvalue weighted by atomic mass is 10.3. The maximum atomic E-state index is 8.77. The normalized spacial score (nSPS) is 18.2. The SMILES string of the molecule is OCCn1cc(CN2CCNCC2)cn1. The van der Waals surface area contributed by atoms with E-state index in [0.29, 0.717) is 6.54 Å². The average Bonchev–Trinajstić information content (AvgIpc) is 2.68. The minimum atomic E-state index is 0.148. The number of aliphatic hydroxyl groups is 1. The summed E-state index contributed by atoms with van der Waals surface area (Å²) in [5.74, 6) is 0. The molecule has 0 radical (unpaired) electrons. The van der Waals surface area contributed by atoms with Gasteiger partial charge < -0.3 is 10.4 Å². The molecule has 0 amide bonds. The highest BCUT2D eigenvalue weighted by Gasteiger charge is 2.10. The van der Waals surface area contributed by atoms with Crippen molar-refractivity contribution >= 4 is 0 Å². The van der Waals surface area contributed by atoms with Crippen molar-refractivity contribution in [1.29, 1.82) is 0 Å². The molecule has 2 rings (SSSR count). The largest absolute Gasteiger partial charge is 0.394 e. The highest BCUT2D eigenvalue weighted by molar-refractivity contribution is 5.03. The van der Waals surface area contributed by atoms with Crippen molar-refractivity contribution in [3.63, 3.8) is 0 Å². The summed E-state index contributed by atoms with van der Waals surface area (Å²) in [5, 5.41) is 16.3. The van der Waals surface area contributed by atoms with Gasteiger partial charge in [0.1, 0.15) is 0 Å². The van der Waals surface area contributed by atoms with E-state index in [4.69, 9.17) is 5.11 Å². The highest BCUT2D eigenvalue weighted by atomic mass is 16.3. The second-order valence-electron chi connectivity index (χ2n) is 3.86. The fourth-order valence-corrected chi connectivity index (χ4v) is 1.84. The number of hydrogen-bond acceptors (Lipinski definition) is 4. The molecular formula is C10H18N4O. The standard InChI is InChI=1S/C10H18N4O/c15-6-5-14-9-10(7-12-14)8-13-3-1-11-2-4-13/h7,9,11,15H,1-6,8H2. The number of rotatable bonds is 4. The van der Waals surface area contributed by atoms with Gasteiger partial charge in [0, 0.05) is 44.5 Å². The van der Waals surface area contributed by atoms with Crippen molar-refractivity contribution in [3.8, 4) is 0 Å². The fourth-order valence-electron chi connectivity index (χ4n) is 1.84. The molecule has 0 spiro atoms. The molecule has 1 aromatic rings. The van der Waals surface area contributed by atoms with E-state index < -0.39 is 0 Å². The summed E-state index contributed by atoms with van der Waals surface area (Å²) < 4.78 is 1.79. The van der Waals surface area contributed by atoms with Crippen molar-refractivity contribution < 1.29 is 5.11 Å². The molecule has 0 bridgehead atoms. The quantitative estimate of drug-likeness (QED) is 0.689. The van der Waals surface area contributed by atoms with Crippen molar-refractivity contribution in [2.75, 3.05) is 32.8 Å². The van der Waals surface area contributed by atoms with E-state index in [9.17, 15) is 0 Å². The van der Waals surface area contributed by atoms with E-state index in [1.54, 1.807) is 4.68 Å². The number of aromatic nitrogens is 2. The summed E-state index contributed by atoms with van der Waals surface area (Å²) in [6.45, 7) is 6.05. The van der Waals surface area contributed by atoms with Crippen molar-refractivity contribution in [2.24, 2.45) is 0 Å². The Morgan fingerprint density at radius 2 is 2.20 bits per heavy atom. The Balaban J connectivity index is 1.86. The van der Waals surface area contributed by atoms with E-state index in [1.807, 2.05) is 12.4 Å². The van der Waals surface area contributed by atoms with Crippen LogP contribution in [0.5, 0.6) is 0 Å². The Bertz CT molecular complexity index is 293. The van der Waals surface area contributed by atoms with Crippen LogP contribution in [0.15, 0.2) is 12.4 Å². The second kappa shape index (κ2) is 5.25. The predicted molar refractivity (Wildman–Crippen MR) is 57.5 cm³/mol. The maximum Gasteiger partial charge on any atom is 0.0640 e. The molecule has 84 valence electrons. The number of nitrogens with zero attached hydrogens (tertiary/aromatic N) is 3. The van der Waals surface area contributed by atoms with Gasteiger partial charge in [0.2, 0.25) is 0 Å². The third-order valence-electron chi connectivity index (χ3n) is 2.63. The van der Waals surface area contributed by atoms with Gasteiger partial charge in [-0.05, 0) is 0 Å². The first-order chi connectivity index (χ1) is 7.38. The zero-order valence-electron chi connectivity index (χ0n) is 8.89. The first-order valence-corrected chi connectivity index (χ1v) is 5.44. The molecule has 2 N–H and O–H groups in total. The topological polar surface area (TPSA) is 53.3 Å². The van der Waals surface area contributed by atoms with Gasteiger partial charge in [0.15, 0.2) is 0 Å². The number of nitrogens with one attached hydrogen (secondary N) is 1. The van der Waals surface area contributed by atoms with Crippen LogP contribution in [0.1, 0.15) is 5.56 Å². The molecule has 1 saturated heterocycles. The van der Waals surface area contributed by atoms with E-state index >= 15 is 0 Å². The lowest BCUT2D eigenvalue weighted by Gasteiger charge is -2.26. The molecule has 0 atom stereocenters. The van der Waals surface area contributed by atoms with Crippen LogP contribution in [0.3, 0.4) is 0 Å². The molecule has 1 fully saturated rings. The summed E-state index contributed by atoms with van der Waals surface area (Å²) in [4.78, 5) is 2.41. The molecule has 5 heteroatoms. The first-order valence-electron chi connectivity index (χ1n) is 5.44. The minimum Gasteiger partial charge on any atom is -0.394 e. The van der Waals surface area contributed by atoms with Crippen LogP contribution in [0, 0.1) is 0 Å². The fraction of sp³-hybridized carbons (Fsp3) is 0.700. The monoisotopic (exact) mass is 210 g/mol. The van der Waals surface area contributed by atoms with Gasteiger partial charge in [-0.3, -0.25) is 9.58 Å². The molecule has 1 aromatic heterocycles. The van der Waals surface area contributed by atoms with Crippen LogP contribution in [-0.4, -0.2) is 52.6 Å². The average molecular weight is 210 g/mol. The van der Waals surface area contributed by atoms with Crippen molar-refractivity contribution in [3.05, 3.63) is 18.0 Å². The molecule has 0 saturated carbocycles. The molecule has 0 aliphatic carbocycles. The van der Waals surface area contributed by atoms with Gasteiger partial charge >= 0.3 is 0 Å². The summed E-state index contributed by atoms with van der Waals surface area (Å²) in [6, 6.07) is 0. The predicted octanol–water partition coefficient (Wildman–Crippen LogP) is -0.719. The molecule has 1 aliphatic rings. The lowest BCUT2D eigenvalue weighted by molar-refractivity contribution is 0.233. The Labute approximate surface area is 89.7 Å². The van der Waals surface area contributed by atoms with Crippen molar-refractivity contribution in [2.45, 2.75) is 13.1 Å². The van der Waals surface area contributed by atoms with E-state index in [-0.39, 0.29) is 6.61 Å².